The lowest BCUT2D eigenvalue weighted by Gasteiger charge is -2.30. The Labute approximate surface area is 196 Å². The zero-order valence-electron chi connectivity index (χ0n) is 19.9. The number of hydrogen-bond donors (Lipinski definition) is 3. The lowest BCUT2D eigenvalue weighted by molar-refractivity contribution is -0.137. The number of carbonyl (C=O) groups is 2. The molecule has 1 atom stereocenters. The van der Waals surface area contributed by atoms with Gasteiger partial charge in [-0.05, 0) is 50.8 Å². The summed E-state index contributed by atoms with van der Waals surface area (Å²) in [5, 5.41) is 7.46. The molecule has 0 saturated heterocycles. The van der Waals surface area contributed by atoms with Crippen LogP contribution in [0.5, 0.6) is 0 Å². The molecule has 0 radical (unpaired) electrons. The van der Waals surface area contributed by atoms with E-state index in [1.165, 1.54) is 10.9 Å². The van der Waals surface area contributed by atoms with Gasteiger partial charge in [-0.15, -0.1) is 0 Å². The summed E-state index contributed by atoms with van der Waals surface area (Å²) in [5.41, 5.74) is 2.50. The van der Waals surface area contributed by atoms with Crippen molar-refractivity contribution in [2.24, 2.45) is 5.41 Å². The first-order valence-corrected chi connectivity index (χ1v) is 12.0. The van der Waals surface area contributed by atoms with Crippen LogP contribution in [0.4, 0.5) is 0 Å². The number of H-pyrrole nitrogens is 1. The van der Waals surface area contributed by atoms with Crippen molar-refractivity contribution in [1.82, 2.24) is 15.6 Å². The SMILES string of the molecule is CC(C)(C)NC(=O)CC1(C(=O)NCC(c2ccccc2)c2c[nH]c3ccccc23)CCCC1. The molecule has 2 aromatic carbocycles. The Hall–Kier alpha value is -3.08. The Kier molecular flexibility index (Phi) is 6.59. The number of rotatable bonds is 7. The molecule has 0 aliphatic heterocycles. The fourth-order valence-electron chi connectivity index (χ4n) is 5.16. The van der Waals surface area contributed by atoms with E-state index in [-0.39, 0.29) is 29.7 Å². The van der Waals surface area contributed by atoms with Crippen LogP contribution >= 0.6 is 0 Å². The summed E-state index contributed by atoms with van der Waals surface area (Å²) >= 11 is 0. The maximum absolute atomic E-state index is 13.5. The minimum atomic E-state index is -0.614. The Morgan fingerprint density at radius 1 is 1.00 bits per heavy atom. The van der Waals surface area contributed by atoms with E-state index < -0.39 is 5.41 Å². The number of fused-ring (bicyclic) bond motifs is 1. The summed E-state index contributed by atoms with van der Waals surface area (Å²) in [5.74, 6) is -0.0197. The highest BCUT2D eigenvalue weighted by molar-refractivity contribution is 5.90. The minimum absolute atomic E-state index is 0.00447. The molecule has 3 N–H and O–H groups in total. The molecule has 1 fully saturated rings. The Balaban J connectivity index is 1.56. The summed E-state index contributed by atoms with van der Waals surface area (Å²) in [6, 6.07) is 18.6. The number of carbonyl (C=O) groups excluding carboxylic acids is 2. The zero-order chi connectivity index (χ0) is 23.5. The van der Waals surface area contributed by atoms with Crippen LogP contribution in [0.15, 0.2) is 60.8 Å². The second-order valence-electron chi connectivity index (χ2n) is 10.4. The third-order valence-corrected chi connectivity index (χ3v) is 6.72. The van der Waals surface area contributed by atoms with Gasteiger partial charge in [0.2, 0.25) is 11.8 Å². The first-order chi connectivity index (χ1) is 15.8. The van der Waals surface area contributed by atoms with E-state index in [0.717, 1.165) is 36.8 Å². The molecule has 2 amide bonds. The number of aromatic nitrogens is 1. The summed E-state index contributed by atoms with van der Waals surface area (Å²) in [7, 11) is 0. The number of nitrogens with one attached hydrogen (secondary N) is 3. The fourth-order valence-corrected chi connectivity index (χ4v) is 5.16. The zero-order valence-corrected chi connectivity index (χ0v) is 19.9. The maximum Gasteiger partial charge on any atom is 0.226 e. The van der Waals surface area contributed by atoms with Gasteiger partial charge in [0.15, 0.2) is 0 Å². The third-order valence-electron chi connectivity index (χ3n) is 6.72. The van der Waals surface area contributed by atoms with Crippen molar-refractivity contribution >= 4 is 22.7 Å². The van der Waals surface area contributed by atoms with E-state index in [9.17, 15) is 9.59 Å². The summed E-state index contributed by atoms with van der Waals surface area (Å²) in [4.78, 5) is 29.6. The molecule has 1 unspecified atom stereocenters. The second-order valence-corrected chi connectivity index (χ2v) is 10.4. The van der Waals surface area contributed by atoms with Crippen LogP contribution in [-0.4, -0.2) is 28.9 Å². The molecule has 1 aromatic heterocycles. The van der Waals surface area contributed by atoms with Crippen LogP contribution in [0.2, 0.25) is 0 Å². The minimum Gasteiger partial charge on any atom is -0.361 e. The predicted molar refractivity (Wildman–Crippen MR) is 133 cm³/mol. The van der Waals surface area contributed by atoms with Crippen LogP contribution in [0, 0.1) is 5.41 Å². The molecule has 5 heteroatoms. The normalized spacial score (nSPS) is 16.5. The average molecular weight is 446 g/mol. The number of benzene rings is 2. The molecule has 0 spiro atoms. The van der Waals surface area contributed by atoms with Crippen molar-refractivity contribution < 1.29 is 9.59 Å². The Morgan fingerprint density at radius 3 is 2.36 bits per heavy atom. The molecule has 1 aliphatic rings. The summed E-state index contributed by atoms with van der Waals surface area (Å²) < 4.78 is 0. The molecule has 4 rings (SSSR count). The van der Waals surface area contributed by atoms with Gasteiger partial charge in [0.05, 0.1) is 5.41 Å². The highest BCUT2D eigenvalue weighted by atomic mass is 16.2. The summed E-state index contributed by atoms with van der Waals surface area (Å²) in [6.07, 6.45) is 5.80. The van der Waals surface area contributed by atoms with Gasteiger partial charge >= 0.3 is 0 Å². The topological polar surface area (TPSA) is 74.0 Å². The standard InChI is InChI=1S/C28H35N3O2/c1-27(2,3)31-25(32)17-28(15-9-10-16-28)26(33)30-18-22(20-11-5-4-6-12-20)23-19-29-24-14-8-7-13-21(23)24/h4-8,11-14,19,22,29H,9-10,15-18H2,1-3H3,(H,30,33)(H,31,32). The van der Waals surface area contributed by atoms with Crippen LogP contribution in [0.25, 0.3) is 10.9 Å². The van der Waals surface area contributed by atoms with Gasteiger partial charge in [-0.3, -0.25) is 9.59 Å². The first kappa shape index (κ1) is 23.1. The molecule has 174 valence electrons. The van der Waals surface area contributed by atoms with Crippen LogP contribution in [0.1, 0.15) is 69.9 Å². The van der Waals surface area contributed by atoms with Crippen LogP contribution < -0.4 is 10.6 Å². The largest absolute Gasteiger partial charge is 0.361 e. The van der Waals surface area contributed by atoms with Crippen molar-refractivity contribution in [2.45, 2.75) is 64.3 Å². The van der Waals surface area contributed by atoms with Gasteiger partial charge in [0.25, 0.3) is 0 Å². The van der Waals surface area contributed by atoms with Gasteiger partial charge < -0.3 is 15.6 Å². The van der Waals surface area contributed by atoms with Crippen molar-refractivity contribution in [3.05, 3.63) is 71.9 Å². The van der Waals surface area contributed by atoms with Crippen molar-refractivity contribution in [2.75, 3.05) is 6.54 Å². The highest BCUT2D eigenvalue weighted by Gasteiger charge is 2.43. The maximum atomic E-state index is 13.5. The van der Waals surface area contributed by atoms with Gasteiger partial charge in [-0.1, -0.05) is 61.4 Å². The molecule has 0 bridgehead atoms. The molecule has 1 saturated carbocycles. The molecule has 1 heterocycles. The van der Waals surface area contributed by atoms with E-state index >= 15 is 0 Å². The number of para-hydroxylation sites is 1. The predicted octanol–water partition coefficient (Wildman–Crippen LogP) is 5.28. The van der Waals surface area contributed by atoms with E-state index in [2.05, 4.69) is 46.1 Å². The Morgan fingerprint density at radius 2 is 1.67 bits per heavy atom. The van der Waals surface area contributed by atoms with Crippen molar-refractivity contribution in [3.8, 4) is 0 Å². The lowest BCUT2D eigenvalue weighted by Crippen LogP contribution is -2.47. The van der Waals surface area contributed by atoms with Gasteiger partial charge in [0, 0.05) is 41.5 Å². The van der Waals surface area contributed by atoms with Crippen LogP contribution in [0.3, 0.4) is 0 Å². The van der Waals surface area contributed by atoms with Crippen LogP contribution in [-0.2, 0) is 9.59 Å². The molecule has 33 heavy (non-hydrogen) atoms. The van der Waals surface area contributed by atoms with Crippen molar-refractivity contribution in [3.63, 3.8) is 0 Å². The molecular formula is C28H35N3O2. The lowest BCUT2D eigenvalue weighted by atomic mass is 9.80. The van der Waals surface area contributed by atoms with E-state index in [1.54, 1.807) is 0 Å². The van der Waals surface area contributed by atoms with Crippen molar-refractivity contribution in [1.29, 1.82) is 0 Å². The van der Waals surface area contributed by atoms with E-state index in [1.807, 2.05) is 51.1 Å². The molecule has 1 aliphatic carbocycles. The highest BCUT2D eigenvalue weighted by Crippen LogP contribution is 2.42. The number of hydrogen-bond acceptors (Lipinski definition) is 2. The second kappa shape index (κ2) is 9.42. The van der Waals surface area contributed by atoms with Gasteiger partial charge in [0.1, 0.15) is 0 Å². The Bertz CT molecular complexity index is 1100. The van der Waals surface area contributed by atoms with E-state index in [4.69, 9.17) is 0 Å². The van der Waals surface area contributed by atoms with Gasteiger partial charge in [-0.25, -0.2) is 0 Å². The summed E-state index contributed by atoms with van der Waals surface area (Å²) in [6.45, 7) is 6.40. The van der Waals surface area contributed by atoms with E-state index in [0.29, 0.717) is 6.54 Å². The number of amides is 2. The first-order valence-electron chi connectivity index (χ1n) is 12.0. The third kappa shape index (κ3) is 5.29. The monoisotopic (exact) mass is 445 g/mol. The molecular weight excluding hydrogens is 410 g/mol. The number of aromatic amines is 1. The quantitative estimate of drug-likeness (QED) is 0.463. The molecule has 3 aromatic rings. The van der Waals surface area contributed by atoms with Gasteiger partial charge in [-0.2, -0.15) is 0 Å². The fraction of sp³-hybridized carbons (Fsp3) is 0.429. The smallest absolute Gasteiger partial charge is 0.226 e. The average Bonchev–Trinajstić information content (AvgIpc) is 3.41. The molecule has 5 nitrogen and oxygen atoms in total.